The van der Waals surface area contributed by atoms with Crippen LogP contribution in [0.3, 0.4) is 0 Å². The number of hydrogen-bond acceptors (Lipinski definition) is 6. The monoisotopic (exact) mass is 343 g/mol. The molecule has 25 heavy (non-hydrogen) atoms. The maximum atomic E-state index is 12.6. The molecule has 2 aromatic carbocycles. The Morgan fingerprint density at radius 1 is 1.00 bits per heavy atom. The first-order valence-corrected chi connectivity index (χ1v) is 7.45. The minimum Gasteiger partial charge on any atom is -0.507 e. The number of nitrogens with one attached hydrogen (secondary N) is 1. The molecule has 0 aromatic heterocycles. The molecule has 0 heterocycles. The van der Waals surface area contributed by atoms with Crippen LogP contribution in [0.5, 0.6) is 17.2 Å². The fourth-order valence-electron chi connectivity index (χ4n) is 2.35. The lowest BCUT2D eigenvalue weighted by Crippen LogP contribution is -2.30. The highest BCUT2D eigenvalue weighted by Gasteiger charge is 2.25. The van der Waals surface area contributed by atoms with Gasteiger partial charge in [-0.3, -0.25) is 14.4 Å². The number of hydrogen-bond donors (Lipinski definition) is 4. The van der Waals surface area contributed by atoms with Crippen LogP contribution in [0.2, 0.25) is 0 Å². The summed E-state index contributed by atoms with van der Waals surface area (Å²) in [6.45, 7) is 3.49. The van der Waals surface area contributed by atoms with Crippen molar-refractivity contribution in [3.05, 3.63) is 52.6 Å². The number of amides is 1. The van der Waals surface area contributed by atoms with E-state index in [1.807, 2.05) is 0 Å². The summed E-state index contributed by atoms with van der Waals surface area (Å²) in [4.78, 5) is 36.0. The zero-order valence-electron chi connectivity index (χ0n) is 13.6. The van der Waals surface area contributed by atoms with Gasteiger partial charge in [-0.05, 0) is 38.1 Å². The third kappa shape index (κ3) is 3.60. The molecule has 0 atom stereocenters. The van der Waals surface area contributed by atoms with Crippen LogP contribution >= 0.6 is 0 Å². The molecule has 7 heteroatoms. The lowest BCUT2D eigenvalue weighted by atomic mass is 9.94. The van der Waals surface area contributed by atoms with Gasteiger partial charge in [-0.25, -0.2) is 0 Å². The molecule has 1 amide bonds. The fourth-order valence-corrected chi connectivity index (χ4v) is 2.35. The molecule has 0 aliphatic heterocycles. The minimum absolute atomic E-state index is 0.00588. The number of carbonyl (C=O) groups excluding carboxylic acids is 3. The summed E-state index contributed by atoms with van der Waals surface area (Å²) in [6.07, 6.45) is 0.316. The summed E-state index contributed by atoms with van der Waals surface area (Å²) in [7, 11) is 0. The van der Waals surface area contributed by atoms with E-state index in [0.29, 0.717) is 6.29 Å². The Hall–Kier alpha value is -3.35. The normalized spacial score (nSPS) is 10.5. The summed E-state index contributed by atoms with van der Waals surface area (Å²) >= 11 is 0. The molecule has 7 nitrogen and oxygen atoms in total. The standard InChI is InChI=1S/C18H17NO6/c1-9(2)19-18(25)10-6-11(8-20)15(14(23)7-10)17(24)16-12(21)4-3-5-13(16)22/h3-9,21-23H,1-2H3,(H,19,25). The average molecular weight is 343 g/mol. The van der Waals surface area contributed by atoms with Crippen molar-refractivity contribution in [1.29, 1.82) is 0 Å². The van der Waals surface area contributed by atoms with Gasteiger partial charge in [0.1, 0.15) is 22.8 Å². The first kappa shape index (κ1) is 18.0. The molecule has 0 saturated heterocycles. The topological polar surface area (TPSA) is 124 Å². The Morgan fingerprint density at radius 3 is 2.12 bits per heavy atom. The second kappa shape index (κ2) is 7.04. The van der Waals surface area contributed by atoms with Gasteiger partial charge in [0.05, 0.1) is 5.56 Å². The van der Waals surface area contributed by atoms with Crippen molar-refractivity contribution >= 4 is 18.0 Å². The first-order valence-electron chi connectivity index (χ1n) is 7.45. The Bertz CT molecular complexity index is 837. The SMILES string of the molecule is CC(C)NC(=O)c1cc(O)c(C(=O)c2c(O)cccc2O)c(C=O)c1. The number of benzene rings is 2. The zero-order valence-corrected chi connectivity index (χ0v) is 13.6. The van der Waals surface area contributed by atoms with Gasteiger partial charge in [0.15, 0.2) is 6.29 Å². The van der Waals surface area contributed by atoms with Crippen molar-refractivity contribution in [2.45, 2.75) is 19.9 Å². The van der Waals surface area contributed by atoms with Crippen molar-refractivity contribution in [2.75, 3.05) is 0 Å². The van der Waals surface area contributed by atoms with Crippen LogP contribution in [0.4, 0.5) is 0 Å². The highest BCUT2D eigenvalue weighted by molar-refractivity contribution is 6.17. The van der Waals surface area contributed by atoms with E-state index < -0.39 is 40.1 Å². The number of phenolic OH excluding ortho intramolecular Hbond substituents is 3. The summed E-state index contributed by atoms with van der Waals surface area (Å²) in [5, 5.41) is 32.4. The quantitative estimate of drug-likeness (QED) is 0.486. The molecule has 0 saturated carbocycles. The minimum atomic E-state index is -0.939. The molecular weight excluding hydrogens is 326 g/mol. The second-order valence-electron chi connectivity index (χ2n) is 5.71. The molecule has 4 N–H and O–H groups in total. The fraction of sp³-hybridized carbons (Fsp3) is 0.167. The second-order valence-corrected chi connectivity index (χ2v) is 5.71. The van der Waals surface area contributed by atoms with E-state index in [1.165, 1.54) is 18.2 Å². The first-order chi connectivity index (χ1) is 11.8. The van der Waals surface area contributed by atoms with Crippen molar-refractivity contribution in [2.24, 2.45) is 0 Å². The van der Waals surface area contributed by atoms with Crippen molar-refractivity contribution in [3.63, 3.8) is 0 Å². The van der Waals surface area contributed by atoms with Crippen LogP contribution in [-0.4, -0.2) is 39.3 Å². The molecule has 2 aromatic rings. The number of carbonyl (C=O) groups is 3. The van der Waals surface area contributed by atoms with Crippen molar-refractivity contribution in [1.82, 2.24) is 5.32 Å². The number of phenols is 3. The zero-order chi connectivity index (χ0) is 18.7. The summed E-state index contributed by atoms with van der Waals surface area (Å²) in [5.41, 5.74) is -1.08. The van der Waals surface area contributed by atoms with E-state index in [4.69, 9.17) is 0 Å². The molecule has 0 spiro atoms. The predicted molar refractivity (Wildman–Crippen MR) is 89.3 cm³/mol. The smallest absolute Gasteiger partial charge is 0.251 e. The molecule has 0 aliphatic carbocycles. The lowest BCUT2D eigenvalue weighted by Gasteiger charge is -2.13. The van der Waals surface area contributed by atoms with E-state index in [9.17, 15) is 29.7 Å². The molecule has 0 fully saturated rings. The lowest BCUT2D eigenvalue weighted by molar-refractivity contribution is 0.0940. The van der Waals surface area contributed by atoms with Crippen LogP contribution in [-0.2, 0) is 0 Å². The van der Waals surface area contributed by atoms with E-state index in [2.05, 4.69) is 5.32 Å². The van der Waals surface area contributed by atoms with E-state index >= 15 is 0 Å². The van der Waals surface area contributed by atoms with Gasteiger partial charge in [-0.2, -0.15) is 0 Å². The van der Waals surface area contributed by atoms with E-state index in [0.717, 1.165) is 12.1 Å². The Labute approximate surface area is 143 Å². The third-order valence-electron chi connectivity index (χ3n) is 3.43. The van der Waals surface area contributed by atoms with Crippen LogP contribution < -0.4 is 5.32 Å². The number of aldehydes is 1. The predicted octanol–water partition coefficient (Wildman–Crippen LogP) is 1.99. The van der Waals surface area contributed by atoms with Crippen LogP contribution in [0.15, 0.2) is 30.3 Å². The Kier molecular flexibility index (Phi) is 5.07. The van der Waals surface area contributed by atoms with Crippen LogP contribution in [0.25, 0.3) is 0 Å². The maximum absolute atomic E-state index is 12.6. The molecule has 0 radical (unpaired) electrons. The largest absolute Gasteiger partial charge is 0.507 e. The Morgan fingerprint density at radius 2 is 1.60 bits per heavy atom. The molecular formula is C18H17NO6. The van der Waals surface area contributed by atoms with Crippen LogP contribution in [0.1, 0.15) is 50.5 Å². The Balaban J connectivity index is 2.57. The highest BCUT2D eigenvalue weighted by Crippen LogP contribution is 2.33. The van der Waals surface area contributed by atoms with Gasteiger partial charge >= 0.3 is 0 Å². The summed E-state index contributed by atoms with van der Waals surface area (Å²) < 4.78 is 0. The van der Waals surface area contributed by atoms with Gasteiger partial charge in [0.2, 0.25) is 5.78 Å². The maximum Gasteiger partial charge on any atom is 0.251 e. The molecule has 0 unspecified atom stereocenters. The number of rotatable bonds is 5. The molecule has 0 bridgehead atoms. The van der Waals surface area contributed by atoms with Gasteiger partial charge < -0.3 is 20.6 Å². The number of aromatic hydroxyl groups is 3. The summed E-state index contributed by atoms with van der Waals surface area (Å²) in [5.74, 6) is -3.05. The molecule has 0 aliphatic rings. The van der Waals surface area contributed by atoms with Gasteiger partial charge in [0, 0.05) is 17.2 Å². The summed E-state index contributed by atoms with van der Waals surface area (Å²) in [6, 6.07) is 5.77. The number of ketones is 1. The van der Waals surface area contributed by atoms with Crippen molar-refractivity contribution < 1.29 is 29.7 Å². The molecule has 2 rings (SSSR count). The van der Waals surface area contributed by atoms with Gasteiger partial charge in [-0.1, -0.05) is 6.07 Å². The van der Waals surface area contributed by atoms with E-state index in [-0.39, 0.29) is 17.2 Å². The van der Waals surface area contributed by atoms with Crippen LogP contribution in [0, 0.1) is 0 Å². The van der Waals surface area contributed by atoms with Gasteiger partial charge in [0.25, 0.3) is 5.91 Å². The average Bonchev–Trinajstić information content (AvgIpc) is 2.52. The van der Waals surface area contributed by atoms with Gasteiger partial charge in [-0.15, -0.1) is 0 Å². The van der Waals surface area contributed by atoms with Crippen molar-refractivity contribution in [3.8, 4) is 17.2 Å². The third-order valence-corrected chi connectivity index (χ3v) is 3.43. The van der Waals surface area contributed by atoms with E-state index in [1.54, 1.807) is 13.8 Å². The highest BCUT2D eigenvalue weighted by atomic mass is 16.3. The molecule has 130 valence electrons.